The molecule has 1 fully saturated rings. The zero-order valence-electron chi connectivity index (χ0n) is 24.0. The molecule has 3 aliphatic carbocycles. The largest absolute Gasteiger partial charge is 0.508 e. The third-order valence-electron chi connectivity index (χ3n) is 8.46. The van der Waals surface area contributed by atoms with Gasteiger partial charge in [0.2, 0.25) is 5.78 Å². The van der Waals surface area contributed by atoms with Gasteiger partial charge in [0.25, 0.3) is 5.91 Å². The summed E-state index contributed by atoms with van der Waals surface area (Å²) in [5, 5.41) is 50.9. The van der Waals surface area contributed by atoms with Gasteiger partial charge in [-0.3, -0.25) is 19.3 Å². The highest BCUT2D eigenvalue weighted by atomic mass is 16.3. The van der Waals surface area contributed by atoms with Crippen LogP contribution in [0.3, 0.4) is 0 Å². The number of hydrogen-bond donors (Lipinski definition) is 7. The number of hydrogen-bond acceptors (Lipinski definition) is 10. The van der Waals surface area contributed by atoms with Crippen LogP contribution in [-0.4, -0.2) is 88.7 Å². The van der Waals surface area contributed by atoms with Crippen molar-refractivity contribution in [3.05, 3.63) is 64.4 Å². The average molecular weight is 608 g/mol. The second kappa shape index (κ2) is 11.3. The summed E-state index contributed by atoms with van der Waals surface area (Å²) in [5.74, 6) is -7.45. The van der Waals surface area contributed by atoms with E-state index in [2.05, 4.69) is 10.6 Å². The van der Waals surface area contributed by atoms with E-state index < -0.39 is 69.8 Å². The Hall–Kier alpha value is -4.88. The number of primary amides is 1. The first-order chi connectivity index (χ1) is 20.2. The van der Waals surface area contributed by atoms with E-state index >= 15 is 0 Å². The molecular formula is C31H37N5O8. The van der Waals surface area contributed by atoms with Crippen molar-refractivity contribution in [2.45, 2.75) is 31.9 Å². The van der Waals surface area contributed by atoms with Crippen LogP contribution < -0.4 is 21.3 Å². The number of benzene rings is 2. The molecule has 8 N–H and O–H groups in total. The Balaban J connectivity index is 0.00000442. The minimum absolute atomic E-state index is 0. The number of phenolic OH excluding ortho intramolecular Hbond substituents is 1. The molecule has 2 aromatic carbocycles. The molecule has 1 saturated carbocycles. The monoisotopic (exact) mass is 607 g/mol. The molecule has 13 nitrogen and oxygen atoms in total. The van der Waals surface area contributed by atoms with Crippen LogP contribution in [0.15, 0.2) is 53.3 Å². The number of rotatable bonds is 5. The summed E-state index contributed by atoms with van der Waals surface area (Å²) in [6.45, 7) is 0. The number of carbonyl (C=O) groups excluding carboxylic acids is 4. The summed E-state index contributed by atoms with van der Waals surface area (Å²) in [7, 11) is 6.55. The van der Waals surface area contributed by atoms with Crippen molar-refractivity contribution in [3.8, 4) is 5.75 Å². The van der Waals surface area contributed by atoms with Gasteiger partial charge in [0, 0.05) is 37.0 Å². The van der Waals surface area contributed by atoms with E-state index in [1.807, 2.05) is 0 Å². The number of urea groups is 1. The maximum atomic E-state index is 14.1. The molecule has 234 valence electrons. The van der Waals surface area contributed by atoms with Crippen LogP contribution in [0.25, 0.3) is 5.76 Å². The number of anilines is 3. The predicted molar refractivity (Wildman–Crippen MR) is 164 cm³/mol. The Bertz CT molecular complexity index is 1630. The van der Waals surface area contributed by atoms with E-state index in [-0.39, 0.29) is 37.1 Å². The molecule has 0 aromatic heterocycles. The van der Waals surface area contributed by atoms with Crippen molar-refractivity contribution in [1.82, 2.24) is 4.90 Å². The van der Waals surface area contributed by atoms with Gasteiger partial charge in [0.05, 0.1) is 17.3 Å². The zero-order valence-corrected chi connectivity index (χ0v) is 24.0. The van der Waals surface area contributed by atoms with Gasteiger partial charge < -0.3 is 41.7 Å². The molecular weight excluding hydrogens is 570 g/mol. The van der Waals surface area contributed by atoms with Crippen LogP contribution in [0.2, 0.25) is 0 Å². The number of Topliss-reactive ketones (excluding diaryl/α,β-unsaturated/α-hetero) is 2. The van der Waals surface area contributed by atoms with Crippen molar-refractivity contribution in [3.63, 3.8) is 0 Å². The van der Waals surface area contributed by atoms with Gasteiger partial charge in [-0.2, -0.15) is 0 Å². The molecule has 0 spiro atoms. The lowest BCUT2D eigenvalue weighted by Gasteiger charge is -2.50. The predicted octanol–water partition coefficient (Wildman–Crippen LogP) is 2.31. The first-order valence-corrected chi connectivity index (χ1v) is 13.5. The third kappa shape index (κ3) is 4.74. The van der Waals surface area contributed by atoms with Crippen molar-refractivity contribution in [1.29, 1.82) is 0 Å². The Labute approximate surface area is 254 Å². The van der Waals surface area contributed by atoms with E-state index in [0.717, 1.165) is 0 Å². The van der Waals surface area contributed by atoms with Crippen LogP contribution in [0.1, 0.15) is 25.0 Å². The standard InChI is InChI=1S/C30H33N5O8.CH4/c1-34(2)18-12-17(33-29(42)32-14-8-6-5-7-9-14)23(36)20-15(18)10-13-11-16-22(35(3)4)25(38)21(28(31)41)27(40)30(16,43)26(39)19(13)24(20)37;/h5-9,12-13,16,22,36-37,40,43H,10-11H2,1-4H3,(H2,31,41)(H2,32,33,42);1H4/t13-,16-,22+,30-;/m0./s1. The van der Waals surface area contributed by atoms with Gasteiger partial charge in [0.1, 0.15) is 17.1 Å². The van der Waals surface area contributed by atoms with Gasteiger partial charge in [-0.1, -0.05) is 25.6 Å². The summed E-state index contributed by atoms with van der Waals surface area (Å²) in [4.78, 5) is 55.4. The van der Waals surface area contributed by atoms with Crippen LogP contribution in [0.4, 0.5) is 21.9 Å². The molecule has 5 rings (SSSR count). The van der Waals surface area contributed by atoms with Crippen LogP contribution in [0, 0.1) is 11.8 Å². The number of carbonyl (C=O) groups is 4. The van der Waals surface area contributed by atoms with E-state index in [1.165, 1.54) is 19.0 Å². The maximum Gasteiger partial charge on any atom is 0.323 e. The van der Waals surface area contributed by atoms with Crippen LogP contribution in [0.5, 0.6) is 5.75 Å². The van der Waals surface area contributed by atoms with Gasteiger partial charge in [0.15, 0.2) is 17.1 Å². The number of aliphatic hydroxyl groups excluding tert-OH is 2. The van der Waals surface area contributed by atoms with E-state index in [9.17, 15) is 39.6 Å². The number of ketones is 2. The highest BCUT2D eigenvalue weighted by Crippen LogP contribution is 2.54. The quantitative estimate of drug-likeness (QED) is 0.195. The molecule has 4 atom stereocenters. The molecule has 13 heteroatoms. The Morgan fingerprint density at radius 1 is 1.02 bits per heavy atom. The average Bonchev–Trinajstić information content (AvgIpc) is 2.92. The third-order valence-corrected chi connectivity index (χ3v) is 8.46. The number of phenols is 1. The van der Waals surface area contributed by atoms with E-state index in [4.69, 9.17) is 5.73 Å². The molecule has 3 amide bonds. The summed E-state index contributed by atoms with van der Waals surface area (Å²) < 4.78 is 0. The fourth-order valence-electron chi connectivity index (χ4n) is 6.59. The van der Waals surface area contributed by atoms with Gasteiger partial charge in [-0.15, -0.1) is 0 Å². The lowest BCUT2D eigenvalue weighted by Crippen LogP contribution is -2.65. The number of nitrogens with one attached hydrogen (secondary N) is 2. The van der Waals surface area contributed by atoms with Crippen LogP contribution in [-0.2, 0) is 20.8 Å². The Kier molecular flexibility index (Phi) is 8.24. The number of likely N-dealkylation sites (N-methyl/N-ethyl adjacent to an activating group) is 1. The topological polar surface area (TPSA) is 206 Å². The number of para-hydroxylation sites is 1. The number of amides is 3. The van der Waals surface area contributed by atoms with Crippen molar-refractivity contribution in [2.24, 2.45) is 17.6 Å². The zero-order chi connectivity index (χ0) is 31.5. The van der Waals surface area contributed by atoms with Crippen molar-refractivity contribution in [2.75, 3.05) is 43.7 Å². The molecule has 0 unspecified atom stereocenters. The molecule has 2 aromatic rings. The Morgan fingerprint density at radius 2 is 1.66 bits per heavy atom. The highest BCUT2D eigenvalue weighted by Gasteiger charge is 2.64. The first-order valence-electron chi connectivity index (χ1n) is 13.5. The summed E-state index contributed by atoms with van der Waals surface area (Å²) in [5.41, 5.74) is 2.79. The molecule has 0 bridgehead atoms. The number of aliphatic hydroxyl groups is 3. The van der Waals surface area contributed by atoms with Gasteiger partial charge in [-0.05, 0) is 56.6 Å². The first kappa shape index (κ1) is 32.0. The van der Waals surface area contributed by atoms with Crippen molar-refractivity contribution < 1.29 is 39.6 Å². The molecule has 0 saturated heterocycles. The fraction of sp³-hybridized carbons (Fsp3) is 0.355. The number of aromatic hydroxyl groups is 1. The maximum absolute atomic E-state index is 14.1. The SMILES string of the molecule is C.CN(C)c1cc(NC(=O)Nc2ccccc2)c(O)c2c1C[C@H]1C[C@H]3[C@@H](N(C)C)C(=O)C(C(N)=O)=C(O)[C@@]3(O)C(=O)C1=C2O. The smallest absolute Gasteiger partial charge is 0.323 e. The molecule has 3 aliphatic rings. The lowest BCUT2D eigenvalue weighted by atomic mass is 9.57. The second-order valence-corrected chi connectivity index (χ2v) is 11.4. The van der Waals surface area contributed by atoms with E-state index in [0.29, 0.717) is 16.9 Å². The molecule has 44 heavy (non-hydrogen) atoms. The number of fused-ring (bicyclic) bond motifs is 3. The summed E-state index contributed by atoms with van der Waals surface area (Å²) >= 11 is 0. The molecule has 0 heterocycles. The molecule has 0 radical (unpaired) electrons. The minimum atomic E-state index is -2.74. The normalized spacial score (nSPS) is 24.2. The molecule has 0 aliphatic heterocycles. The summed E-state index contributed by atoms with van der Waals surface area (Å²) in [6.07, 6.45) is 0.0883. The van der Waals surface area contributed by atoms with E-state index in [1.54, 1.807) is 55.4 Å². The Morgan fingerprint density at radius 3 is 2.23 bits per heavy atom. The van der Waals surface area contributed by atoms with Gasteiger partial charge in [-0.25, -0.2) is 4.79 Å². The van der Waals surface area contributed by atoms with Crippen molar-refractivity contribution >= 4 is 46.3 Å². The van der Waals surface area contributed by atoms with Crippen LogP contribution >= 0.6 is 0 Å². The number of nitrogens with two attached hydrogens (primary N) is 1. The second-order valence-electron chi connectivity index (χ2n) is 11.4. The summed E-state index contributed by atoms with van der Waals surface area (Å²) in [6, 6.07) is 8.30. The minimum Gasteiger partial charge on any atom is -0.508 e. The number of nitrogens with zero attached hydrogens (tertiary/aromatic N) is 2. The lowest BCUT2D eigenvalue weighted by molar-refractivity contribution is -0.153. The highest BCUT2D eigenvalue weighted by molar-refractivity contribution is 6.24. The fourth-order valence-corrected chi connectivity index (χ4v) is 6.59. The van der Waals surface area contributed by atoms with Gasteiger partial charge >= 0.3 is 6.03 Å².